The maximum Gasteiger partial charge on any atom is 0.0541 e. The minimum absolute atomic E-state index is 1.09. The molecule has 63 heavy (non-hydrogen) atoms. The normalized spacial score (nSPS) is 11.5. The van der Waals surface area contributed by atoms with Gasteiger partial charge in [-0.3, -0.25) is 0 Å². The molecule has 0 aliphatic rings. The summed E-state index contributed by atoms with van der Waals surface area (Å²) in [7, 11) is 0. The Balaban J connectivity index is 1.05. The Morgan fingerprint density at radius 2 is 0.857 bits per heavy atom. The van der Waals surface area contributed by atoms with Gasteiger partial charge in [0.25, 0.3) is 0 Å². The molecule has 0 atom stereocenters. The molecule has 0 fully saturated rings. The molecule has 2 nitrogen and oxygen atoms in total. The first-order chi connectivity index (χ1) is 31.3. The van der Waals surface area contributed by atoms with E-state index in [0.717, 1.165) is 33.9 Å². The van der Waals surface area contributed by atoms with E-state index in [0.29, 0.717) is 0 Å². The lowest BCUT2D eigenvalue weighted by atomic mass is 9.88. The molecular formula is C60H40N2S. The number of benzene rings is 10. The maximum absolute atomic E-state index is 2.46. The lowest BCUT2D eigenvalue weighted by molar-refractivity contribution is 1.18. The number of fused-ring (bicyclic) bond motifs is 6. The summed E-state index contributed by atoms with van der Waals surface area (Å²) in [5.41, 5.74) is 16.4. The van der Waals surface area contributed by atoms with E-state index in [1.165, 1.54) is 75.4 Å². The molecule has 0 spiro atoms. The fraction of sp³-hybridized carbons (Fsp3) is 0. The third kappa shape index (κ3) is 6.41. The van der Waals surface area contributed by atoms with Crippen molar-refractivity contribution in [2.24, 2.45) is 0 Å². The quantitative estimate of drug-likeness (QED) is 0.148. The molecule has 0 saturated heterocycles. The second kappa shape index (κ2) is 15.5. The Labute approximate surface area is 370 Å². The monoisotopic (exact) mass is 820 g/mol. The van der Waals surface area contributed by atoms with Crippen molar-refractivity contribution < 1.29 is 0 Å². The van der Waals surface area contributed by atoms with Crippen LogP contribution in [-0.2, 0) is 0 Å². The maximum atomic E-state index is 2.46. The van der Waals surface area contributed by atoms with Crippen LogP contribution in [0.4, 0.5) is 17.1 Å². The van der Waals surface area contributed by atoms with Crippen molar-refractivity contribution in [3.05, 3.63) is 243 Å². The third-order valence-electron chi connectivity index (χ3n) is 12.4. The van der Waals surface area contributed by atoms with Gasteiger partial charge in [-0.05, 0) is 106 Å². The van der Waals surface area contributed by atoms with Gasteiger partial charge < -0.3 is 9.47 Å². The number of rotatable bonds is 8. The number of para-hydroxylation sites is 3. The van der Waals surface area contributed by atoms with Crippen LogP contribution in [0.15, 0.2) is 243 Å². The first-order valence-corrected chi connectivity index (χ1v) is 22.3. The second-order valence-electron chi connectivity index (χ2n) is 16.1. The molecule has 0 bridgehead atoms. The summed E-state index contributed by atoms with van der Waals surface area (Å²) in [6.07, 6.45) is 0. The SMILES string of the molecule is c1ccc(-c2ccccc2-c2ccccc2-c2ccccc2N(c2cccc(-c3ccc4c(c3)c3ccccc3n4-c3ccccc3)c2)c2ccc3c(c2)sc2ccccc23)cc1. The molecule has 0 unspecified atom stereocenters. The van der Waals surface area contributed by atoms with E-state index in [1.54, 1.807) is 0 Å². The van der Waals surface area contributed by atoms with E-state index in [4.69, 9.17) is 0 Å². The highest BCUT2D eigenvalue weighted by atomic mass is 32.1. The molecule has 0 aliphatic carbocycles. The zero-order valence-corrected chi connectivity index (χ0v) is 35.2. The van der Waals surface area contributed by atoms with E-state index >= 15 is 0 Å². The van der Waals surface area contributed by atoms with Crippen molar-refractivity contribution in [2.45, 2.75) is 0 Å². The molecule has 12 rings (SSSR count). The first kappa shape index (κ1) is 36.8. The minimum Gasteiger partial charge on any atom is -0.310 e. The van der Waals surface area contributed by atoms with Crippen LogP contribution in [0.1, 0.15) is 0 Å². The summed E-state index contributed by atoms with van der Waals surface area (Å²) in [6, 6.07) is 88.5. The van der Waals surface area contributed by atoms with Crippen molar-refractivity contribution >= 4 is 70.4 Å². The average molecular weight is 821 g/mol. The molecule has 0 amide bonds. The van der Waals surface area contributed by atoms with Crippen LogP contribution < -0.4 is 4.90 Å². The van der Waals surface area contributed by atoms with Gasteiger partial charge in [0, 0.05) is 53.6 Å². The number of thiophene rings is 1. The topological polar surface area (TPSA) is 8.17 Å². The standard InChI is InChI=1S/C60H40N2S/c1-3-18-41(19-4-1)47-24-7-8-25-48(47)49-26-9-10-27-50(49)51-28-11-14-31-56(51)61(46-35-36-54-53-30-13-16-33-59(53)63-60(54)40-46)45-23-17-20-42(38-45)43-34-37-58-55(39-43)52-29-12-15-32-57(52)62(58)44-21-5-2-6-22-44/h1-40H. The molecule has 3 heteroatoms. The van der Waals surface area contributed by atoms with Gasteiger partial charge in [0.1, 0.15) is 0 Å². The number of hydrogen-bond acceptors (Lipinski definition) is 2. The predicted molar refractivity (Wildman–Crippen MR) is 270 cm³/mol. The highest BCUT2D eigenvalue weighted by Gasteiger charge is 2.22. The van der Waals surface area contributed by atoms with Gasteiger partial charge in [-0.1, -0.05) is 176 Å². The second-order valence-corrected chi connectivity index (χ2v) is 17.1. The van der Waals surface area contributed by atoms with Crippen LogP contribution in [0, 0.1) is 0 Å². The highest BCUT2D eigenvalue weighted by molar-refractivity contribution is 7.25. The van der Waals surface area contributed by atoms with Gasteiger partial charge in [-0.15, -0.1) is 11.3 Å². The Hall–Kier alpha value is -7.98. The van der Waals surface area contributed by atoms with Crippen molar-refractivity contribution in [1.82, 2.24) is 4.57 Å². The number of anilines is 3. The summed E-state index contributed by atoms with van der Waals surface area (Å²) < 4.78 is 4.95. The minimum atomic E-state index is 1.09. The van der Waals surface area contributed by atoms with Gasteiger partial charge >= 0.3 is 0 Å². The third-order valence-corrected chi connectivity index (χ3v) is 13.5. The highest BCUT2D eigenvalue weighted by Crippen LogP contribution is 2.47. The predicted octanol–water partition coefficient (Wildman–Crippen LogP) is 17.3. The van der Waals surface area contributed by atoms with Gasteiger partial charge in [0.2, 0.25) is 0 Å². The zero-order chi connectivity index (χ0) is 41.7. The fourth-order valence-electron chi connectivity index (χ4n) is 9.55. The van der Waals surface area contributed by atoms with Crippen LogP contribution in [0.2, 0.25) is 0 Å². The lowest BCUT2D eigenvalue weighted by Crippen LogP contribution is -2.11. The number of aromatic nitrogens is 1. The van der Waals surface area contributed by atoms with Gasteiger partial charge in [0.15, 0.2) is 0 Å². The fourth-order valence-corrected chi connectivity index (χ4v) is 10.7. The van der Waals surface area contributed by atoms with E-state index in [2.05, 4.69) is 252 Å². The molecule has 296 valence electrons. The molecule has 0 radical (unpaired) electrons. The molecule has 2 heterocycles. The van der Waals surface area contributed by atoms with Crippen molar-refractivity contribution in [1.29, 1.82) is 0 Å². The molecule has 2 aromatic heterocycles. The lowest BCUT2D eigenvalue weighted by Gasteiger charge is -2.29. The van der Waals surface area contributed by atoms with E-state index in [-0.39, 0.29) is 0 Å². The average Bonchev–Trinajstić information content (AvgIpc) is 3.90. The van der Waals surface area contributed by atoms with Crippen molar-refractivity contribution in [2.75, 3.05) is 4.90 Å². The summed E-state index contributed by atoms with van der Waals surface area (Å²) in [5, 5.41) is 5.07. The molecule has 12 aromatic rings. The molecule has 0 aliphatic heterocycles. The van der Waals surface area contributed by atoms with Crippen LogP contribution in [0.3, 0.4) is 0 Å². The van der Waals surface area contributed by atoms with Gasteiger partial charge in [0.05, 0.1) is 16.7 Å². The van der Waals surface area contributed by atoms with Gasteiger partial charge in [-0.25, -0.2) is 0 Å². The first-order valence-electron chi connectivity index (χ1n) is 21.5. The van der Waals surface area contributed by atoms with E-state index in [1.807, 2.05) is 11.3 Å². The number of nitrogens with zero attached hydrogens (tertiary/aromatic N) is 2. The van der Waals surface area contributed by atoms with Gasteiger partial charge in [-0.2, -0.15) is 0 Å². The Morgan fingerprint density at radius 1 is 0.302 bits per heavy atom. The van der Waals surface area contributed by atoms with Crippen molar-refractivity contribution in [3.8, 4) is 50.2 Å². The van der Waals surface area contributed by atoms with E-state index in [9.17, 15) is 0 Å². The Kier molecular flexibility index (Phi) is 9.06. The summed E-state index contributed by atoms with van der Waals surface area (Å²) in [6.45, 7) is 0. The summed E-state index contributed by atoms with van der Waals surface area (Å²) in [5.74, 6) is 0. The molecular weight excluding hydrogens is 781 g/mol. The summed E-state index contributed by atoms with van der Waals surface area (Å²) >= 11 is 1.86. The molecule has 0 N–H and O–H groups in total. The zero-order valence-electron chi connectivity index (χ0n) is 34.4. The largest absolute Gasteiger partial charge is 0.310 e. The number of hydrogen-bond donors (Lipinski definition) is 0. The van der Waals surface area contributed by atoms with Crippen LogP contribution in [0.5, 0.6) is 0 Å². The molecule has 10 aromatic carbocycles. The van der Waals surface area contributed by atoms with Crippen LogP contribution >= 0.6 is 11.3 Å². The van der Waals surface area contributed by atoms with Crippen LogP contribution in [0.25, 0.3) is 92.2 Å². The van der Waals surface area contributed by atoms with E-state index < -0.39 is 0 Å². The Morgan fingerprint density at radius 3 is 1.67 bits per heavy atom. The van der Waals surface area contributed by atoms with Crippen LogP contribution in [-0.4, -0.2) is 4.57 Å². The van der Waals surface area contributed by atoms with Crippen molar-refractivity contribution in [3.63, 3.8) is 0 Å². The molecule has 0 saturated carbocycles. The smallest absolute Gasteiger partial charge is 0.0541 e. The Bertz CT molecular complexity index is 3640. The summed E-state index contributed by atoms with van der Waals surface area (Å²) in [4.78, 5) is 2.46.